The quantitative estimate of drug-likeness (QED) is 0.598. The van der Waals surface area contributed by atoms with E-state index in [0.717, 1.165) is 11.3 Å². The number of aromatic nitrogens is 3. The molecule has 0 aliphatic heterocycles. The monoisotopic (exact) mass is 167 g/mol. The maximum atomic E-state index is 5.82. The van der Waals surface area contributed by atoms with Gasteiger partial charge < -0.3 is 0 Å². The third-order valence-electron chi connectivity index (χ3n) is 1.47. The first-order valence-corrected chi connectivity index (χ1v) is 3.62. The number of halogens is 1. The van der Waals surface area contributed by atoms with Crippen molar-refractivity contribution in [2.24, 2.45) is 0 Å². The summed E-state index contributed by atoms with van der Waals surface area (Å²) in [6, 6.07) is 3.67. The molecule has 0 atom stereocenters. The second kappa shape index (κ2) is 2.20. The van der Waals surface area contributed by atoms with Crippen LogP contribution in [0.2, 0.25) is 5.15 Å². The van der Waals surface area contributed by atoms with Gasteiger partial charge in [-0.1, -0.05) is 11.6 Å². The van der Waals surface area contributed by atoms with E-state index in [9.17, 15) is 0 Å². The summed E-state index contributed by atoms with van der Waals surface area (Å²) in [5, 5.41) is 4.72. The molecule has 0 radical (unpaired) electrons. The summed E-state index contributed by atoms with van der Waals surface area (Å²) in [7, 11) is 0. The molecule has 0 spiro atoms. The molecule has 0 aliphatic rings. The SMILES string of the molecule is Cc1ncc2ccc(Cl)n2n1. The van der Waals surface area contributed by atoms with E-state index in [2.05, 4.69) is 10.1 Å². The molecule has 2 aromatic rings. The molecule has 3 nitrogen and oxygen atoms in total. The van der Waals surface area contributed by atoms with Crippen molar-refractivity contribution in [2.45, 2.75) is 6.92 Å². The molecular weight excluding hydrogens is 162 g/mol. The van der Waals surface area contributed by atoms with Gasteiger partial charge in [0.15, 0.2) is 0 Å². The molecule has 2 aromatic heterocycles. The van der Waals surface area contributed by atoms with Crippen LogP contribution in [-0.2, 0) is 0 Å². The van der Waals surface area contributed by atoms with E-state index < -0.39 is 0 Å². The summed E-state index contributed by atoms with van der Waals surface area (Å²) in [6.45, 7) is 1.83. The van der Waals surface area contributed by atoms with Crippen molar-refractivity contribution in [2.75, 3.05) is 0 Å². The molecular formula is C7H6ClN3. The third-order valence-corrected chi connectivity index (χ3v) is 1.75. The van der Waals surface area contributed by atoms with Crippen LogP contribution in [0.4, 0.5) is 0 Å². The lowest BCUT2D eigenvalue weighted by Gasteiger charge is -1.94. The predicted molar refractivity (Wildman–Crippen MR) is 42.7 cm³/mol. The Hall–Kier alpha value is -1.09. The first-order valence-electron chi connectivity index (χ1n) is 3.24. The van der Waals surface area contributed by atoms with Crippen molar-refractivity contribution >= 4 is 17.1 Å². The molecule has 0 bridgehead atoms. The Labute approximate surface area is 68.6 Å². The van der Waals surface area contributed by atoms with E-state index in [0.29, 0.717) is 5.15 Å². The lowest BCUT2D eigenvalue weighted by Crippen LogP contribution is -1.95. The predicted octanol–water partition coefficient (Wildman–Crippen LogP) is 1.69. The van der Waals surface area contributed by atoms with Crippen molar-refractivity contribution in [1.29, 1.82) is 0 Å². The number of fused-ring (bicyclic) bond motifs is 1. The molecule has 2 heterocycles. The lowest BCUT2D eigenvalue weighted by atomic mass is 10.5. The van der Waals surface area contributed by atoms with Gasteiger partial charge in [-0.15, -0.1) is 0 Å². The standard InChI is InChI=1S/C7H6ClN3/c1-5-9-4-6-2-3-7(8)11(6)10-5/h2-4H,1H3. The number of rotatable bonds is 0. The van der Waals surface area contributed by atoms with Crippen molar-refractivity contribution in [3.63, 3.8) is 0 Å². The van der Waals surface area contributed by atoms with Gasteiger partial charge >= 0.3 is 0 Å². The smallest absolute Gasteiger partial charge is 0.146 e. The minimum Gasteiger partial charge on any atom is -0.238 e. The molecule has 0 saturated carbocycles. The molecule has 11 heavy (non-hydrogen) atoms. The number of aryl methyl sites for hydroxylation is 1. The fourth-order valence-corrected chi connectivity index (χ4v) is 1.15. The number of hydrogen-bond acceptors (Lipinski definition) is 2. The number of nitrogens with zero attached hydrogens (tertiary/aromatic N) is 3. The van der Waals surface area contributed by atoms with Gasteiger partial charge in [0.1, 0.15) is 11.0 Å². The highest BCUT2D eigenvalue weighted by atomic mass is 35.5. The summed E-state index contributed by atoms with van der Waals surface area (Å²) >= 11 is 5.82. The van der Waals surface area contributed by atoms with Gasteiger partial charge in [0.2, 0.25) is 0 Å². The third kappa shape index (κ3) is 0.973. The Morgan fingerprint density at radius 3 is 3.09 bits per heavy atom. The average Bonchev–Trinajstić information content (AvgIpc) is 2.33. The van der Waals surface area contributed by atoms with Crippen molar-refractivity contribution in [1.82, 2.24) is 14.6 Å². The highest BCUT2D eigenvalue weighted by Crippen LogP contribution is 2.11. The van der Waals surface area contributed by atoms with Gasteiger partial charge in [-0.3, -0.25) is 0 Å². The summed E-state index contributed by atoms with van der Waals surface area (Å²) in [4.78, 5) is 4.03. The fourth-order valence-electron chi connectivity index (χ4n) is 0.952. The highest BCUT2D eigenvalue weighted by molar-refractivity contribution is 6.29. The largest absolute Gasteiger partial charge is 0.238 e. The zero-order chi connectivity index (χ0) is 7.84. The number of hydrogen-bond donors (Lipinski definition) is 0. The van der Waals surface area contributed by atoms with Crippen LogP contribution in [-0.4, -0.2) is 14.6 Å². The Kier molecular flexibility index (Phi) is 1.32. The van der Waals surface area contributed by atoms with Gasteiger partial charge in [-0.05, 0) is 19.1 Å². The molecule has 56 valence electrons. The van der Waals surface area contributed by atoms with Crippen LogP contribution in [0.25, 0.3) is 5.52 Å². The van der Waals surface area contributed by atoms with Crippen molar-refractivity contribution in [3.05, 3.63) is 29.3 Å². The lowest BCUT2D eigenvalue weighted by molar-refractivity contribution is 0.857. The Morgan fingerprint density at radius 1 is 1.45 bits per heavy atom. The van der Waals surface area contributed by atoms with E-state index in [1.54, 1.807) is 16.8 Å². The van der Waals surface area contributed by atoms with Crippen LogP contribution in [0, 0.1) is 6.92 Å². The van der Waals surface area contributed by atoms with Gasteiger partial charge in [-0.2, -0.15) is 5.10 Å². The minimum absolute atomic E-state index is 0.616. The molecule has 0 saturated heterocycles. The molecule has 0 aromatic carbocycles. The van der Waals surface area contributed by atoms with Crippen LogP contribution >= 0.6 is 11.6 Å². The van der Waals surface area contributed by atoms with E-state index >= 15 is 0 Å². The van der Waals surface area contributed by atoms with Gasteiger partial charge in [0.05, 0.1) is 11.7 Å². The fraction of sp³-hybridized carbons (Fsp3) is 0.143. The second-order valence-corrected chi connectivity index (χ2v) is 2.69. The topological polar surface area (TPSA) is 30.2 Å². The zero-order valence-corrected chi connectivity index (χ0v) is 6.71. The molecule has 2 rings (SSSR count). The minimum atomic E-state index is 0.616. The molecule has 0 aliphatic carbocycles. The molecule has 0 N–H and O–H groups in total. The van der Waals surface area contributed by atoms with Gasteiger partial charge in [0, 0.05) is 0 Å². The Morgan fingerprint density at radius 2 is 2.27 bits per heavy atom. The molecule has 0 amide bonds. The van der Waals surface area contributed by atoms with Crippen molar-refractivity contribution < 1.29 is 0 Å². The second-order valence-electron chi connectivity index (χ2n) is 2.30. The Balaban J connectivity index is 2.87. The first kappa shape index (κ1) is 6.61. The van der Waals surface area contributed by atoms with E-state index in [1.165, 1.54) is 0 Å². The van der Waals surface area contributed by atoms with Crippen LogP contribution in [0.3, 0.4) is 0 Å². The summed E-state index contributed by atoms with van der Waals surface area (Å²) in [5.41, 5.74) is 0.917. The maximum absolute atomic E-state index is 5.82. The van der Waals surface area contributed by atoms with E-state index in [4.69, 9.17) is 11.6 Å². The highest BCUT2D eigenvalue weighted by Gasteiger charge is 1.98. The summed E-state index contributed by atoms with van der Waals surface area (Å²) < 4.78 is 1.66. The molecule has 0 fully saturated rings. The average molecular weight is 168 g/mol. The summed E-state index contributed by atoms with van der Waals surface area (Å²) in [5.74, 6) is 0.718. The molecule has 4 heteroatoms. The molecule has 0 unspecified atom stereocenters. The summed E-state index contributed by atoms with van der Waals surface area (Å²) in [6.07, 6.45) is 1.74. The van der Waals surface area contributed by atoms with Crippen LogP contribution in [0.1, 0.15) is 5.82 Å². The van der Waals surface area contributed by atoms with Crippen LogP contribution in [0.15, 0.2) is 18.3 Å². The van der Waals surface area contributed by atoms with E-state index in [-0.39, 0.29) is 0 Å². The normalized spacial score (nSPS) is 10.7. The van der Waals surface area contributed by atoms with Crippen molar-refractivity contribution in [3.8, 4) is 0 Å². The van der Waals surface area contributed by atoms with Gasteiger partial charge in [-0.25, -0.2) is 9.50 Å². The van der Waals surface area contributed by atoms with Gasteiger partial charge in [0.25, 0.3) is 0 Å². The van der Waals surface area contributed by atoms with Crippen LogP contribution < -0.4 is 0 Å². The maximum Gasteiger partial charge on any atom is 0.146 e. The van der Waals surface area contributed by atoms with E-state index in [1.807, 2.05) is 13.0 Å². The van der Waals surface area contributed by atoms with Crippen LogP contribution in [0.5, 0.6) is 0 Å². The Bertz CT molecular complexity index is 393. The zero-order valence-electron chi connectivity index (χ0n) is 5.95. The first-order chi connectivity index (χ1) is 5.27.